The smallest absolute Gasteiger partial charge is 0.211 e. The van der Waals surface area contributed by atoms with E-state index in [1.165, 1.54) is 17.9 Å². The Morgan fingerprint density at radius 1 is 1.26 bits per heavy atom. The Bertz CT molecular complexity index is 1490. The summed E-state index contributed by atoms with van der Waals surface area (Å²) in [5.74, 6) is 1.12. The maximum absolute atomic E-state index is 14.2. The van der Waals surface area contributed by atoms with E-state index in [1.54, 1.807) is 10.4 Å². The van der Waals surface area contributed by atoms with Crippen molar-refractivity contribution in [2.45, 2.75) is 50.0 Å². The predicted octanol–water partition coefficient (Wildman–Crippen LogP) is 5.22. The lowest BCUT2D eigenvalue weighted by atomic mass is 9.79. The first kappa shape index (κ1) is 25.6. The highest BCUT2D eigenvalue weighted by atomic mass is 35.5. The van der Waals surface area contributed by atoms with E-state index in [0.717, 1.165) is 51.0 Å². The molecule has 1 unspecified atom stereocenters. The van der Waals surface area contributed by atoms with Crippen LogP contribution in [0.3, 0.4) is 0 Å². The lowest BCUT2D eigenvalue weighted by molar-refractivity contribution is 0.264. The van der Waals surface area contributed by atoms with E-state index in [0.29, 0.717) is 41.5 Å². The Kier molecular flexibility index (Phi) is 6.41. The molecule has 1 N–H and O–H groups in total. The van der Waals surface area contributed by atoms with E-state index < -0.39 is 15.8 Å². The Labute approximate surface area is 227 Å². The van der Waals surface area contributed by atoms with Crippen molar-refractivity contribution in [2.24, 2.45) is 11.8 Å². The first-order valence-electron chi connectivity index (χ1n) is 13.2. The number of sulfonamides is 1. The fraction of sp³-hybridized carbons (Fsp3) is 0.500. The van der Waals surface area contributed by atoms with Crippen LogP contribution in [0, 0.1) is 29.0 Å². The van der Waals surface area contributed by atoms with Gasteiger partial charge in [-0.15, -0.1) is 0 Å². The summed E-state index contributed by atoms with van der Waals surface area (Å²) in [5.41, 5.74) is 3.38. The number of nitrogens with one attached hydrogen (secondary N) is 1. The van der Waals surface area contributed by atoms with Gasteiger partial charge in [-0.25, -0.2) is 22.1 Å². The van der Waals surface area contributed by atoms with Gasteiger partial charge in [0.1, 0.15) is 5.82 Å². The van der Waals surface area contributed by atoms with Crippen LogP contribution in [0.15, 0.2) is 36.4 Å². The summed E-state index contributed by atoms with van der Waals surface area (Å²) in [6.45, 7) is 1.83. The van der Waals surface area contributed by atoms with Gasteiger partial charge in [0, 0.05) is 31.7 Å². The molecule has 3 aliphatic rings. The number of benzene rings is 2. The largest absolute Gasteiger partial charge is 0.339 e. The van der Waals surface area contributed by atoms with E-state index in [2.05, 4.69) is 22.0 Å². The molecule has 2 aliphatic carbocycles. The molecule has 0 amide bonds. The van der Waals surface area contributed by atoms with E-state index in [-0.39, 0.29) is 16.5 Å². The van der Waals surface area contributed by atoms with Crippen LogP contribution in [0.5, 0.6) is 0 Å². The van der Waals surface area contributed by atoms with Crippen molar-refractivity contribution in [3.63, 3.8) is 0 Å². The number of imidazole rings is 1. The molecule has 10 heteroatoms. The molecule has 2 saturated carbocycles. The molecule has 0 radical (unpaired) electrons. The Hall–Kier alpha value is -2.67. The van der Waals surface area contributed by atoms with Gasteiger partial charge in [-0.3, -0.25) is 0 Å². The quantitative estimate of drug-likeness (QED) is 0.450. The molecule has 7 nitrogen and oxygen atoms in total. The standard InChI is InChI=1S/C28H31ClFN5O2S/c1-38(36,37)34-9-6-18(7-10-34)17-35(27-32-25-13-23(29)24(30)14-26(25)33-27)22-5-8-28(15-21(28)12-22)20-4-2-3-19(11-20)16-31/h2-4,11,13-14,18,21-22H,5-10,12,15,17H2,1H3,(H,32,33)/t21?,22-,28-/m1/s1. The molecule has 3 aromatic rings. The second-order valence-corrected chi connectivity index (χ2v) is 13.7. The molecular formula is C28H31ClFN5O2S. The summed E-state index contributed by atoms with van der Waals surface area (Å²) in [6, 6.07) is 13.5. The number of aromatic nitrogens is 2. The second kappa shape index (κ2) is 9.51. The molecule has 3 fully saturated rings. The molecule has 2 aromatic carbocycles. The number of H-pyrrole nitrogens is 1. The van der Waals surface area contributed by atoms with Crippen LogP contribution < -0.4 is 4.90 Å². The highest BCUT2D eigenvalue weighted by molar-refractivity contribution is 7.88. The zero-order valence-corrected chi connectivity index (χ0v) is 22.9. The van der Waals surface area contributed by atoms with Gasteiger partial charge in [-0.1, -0.05) is 23.7 Å². The third kappa shape index (κ3) is 4.67. The van der Waals surface area contributed by atoms with E-state index in [1.807, 2.05) is 18.2 Å². The average Bonchev–Trinajstić information content (AvgIpc) is 3.52. The van der Waals surface area contributed by atoms with Crippen LogP contribution >= 0.6 is 11.6 Å². The fourth-order valence-corrected chi connectivity index (χ4v) is 7.82. The summed E-state index contributed by atoms with van der Waals surface area (Å²) in [6.07, 6.45) is 7.04. The molecule has 2 heterocycles. The first-order chi connectivity index (χ1) is 18.2. The molecule has 1 saturated heterocycles. The van der Waals surface area contributed by atoms with Crippen molar-refractivity contribution in [3.8, 4) is 6.07 Å². The first-order valence-corrected chi connectivity index (χ1v) is 15.5. The van der Waals surface area contributed by atoms with Gasteiger partial charge in [0.2, 0.25) is 16.0 Å². The van der Waals surface area contributed by atoms with Crippen LogP contribution in [-0.2, 0) is 15.4 Å². The third-order valence-corrected chi connectivity index (χ3v) is 10.6. The lowest BCUT2D eigenvalue weighted by Crippen LogP contribution is -2.46. The molecule has 38 heavy (non-hydrogen) atoms. The van der Waals surface area contributed by atoms with Crippen molar-refractivity contribution < 1.29 is 12.8 Å². The average molecular weight is 556 g/mol. The molecule has 200 valence electrons. The van der Waals surface area contributed by atoms with Crippen molar-refractivity contribution >= 4 is 38.6 Å². The van der Waals surface area contributed by atoms with Crippen LogP contribution in [0.1, 0.15) is 49.7 Å². The number of rotatable bonds is 6. The number of nitrogens with zero attached hydrogens (tertiary/aromatic N) is 4. The minimum atomic E-state index is -3.18. The monoisotopic (exact) mass is 555 g/mol. The highest BCUT2D eigenvalue weighted by Crippen LogP contribution is 2.63. The summed E-state index contributed by atoms with van der Waals surface area (Å²) < 4.78 is 39.7. The minimum Gasteiger partial charge on any atom is -0.339 e. The van der Waals surface area contributed by atoms with E-state index in [4.69, 9.17) is 16.6 Å². The molecule has 1 aromatic heterocycles. The summed E-state index contributed by atoms with van der Waals surface area (Å²) >= 11 is 6.03. The number of anilines is 1. The Morgan fingerprint density at radius 3 is 2.76 bits per heavy atom. The Morgan fingerprint density at radius 2 is 2.05 bits per heavy atom. The van der Waals surface area contributed by atoms with Crippen LogP contribution in [0.25, 0.3) is 11.0 Å². The second-order valence-electron chi connectivity index (χ2n) is 11.3. The molecular weight excluding hydrogens is 525 g/mol. The summed E-state index contributed by atoms with van der Waals surface area (Å²) in [7, 11) is -3.18. The fourth-order valence-electron chi connectivity index (χ4n) is 6.78. The topological polar surface area (TPSA) is 93.1 Å². The number of halogens is 2. The molecule has 3 atom stereocenters. The molecule has 6 rings (SSSR count). The SMILES string of the molecule is CS(=O)(=O)N1CCC(CN(c2nc3cc(Cl)c(F)cc3[nH]2)[C@@H]2CC[C@]3(c4cccc(C#N)c4)CC3C2)CC1. The maximum atomic E-state index is 14.2. The third-order valence-electron chi connectivity index (χ3n) is 9.00. The molecule has 1 aliphatic heterocycles. The van der Waals surface area contributed by atoms with Gasteiger partial charge < -0.3 is 9.88 Å². The van der Waals surface area contributed by atoms with Crippen LogP contribution in [0.4, 0.5) is 10.3 Å². The number of nitriles is 1. The number of hydrogen-bond donors (Lipinski definition) is 1. The zero-order chi connectivity index (χ0) is 26.7. The number of fused-ring (bicyclic) bond motifs is 2. The number of hydrogen-bond acceptors (Lipinski definition) is 5. The van der Waals surface area contributed by atoms with Gasteiger partial charge in [0.25, 0.3) is 0 Å². The van der Waals surface area contributed by atoms with Gasteiger partial charge in [-0.05, 0) is 79.5 Å². The predicted molar refractivity (Wildman–Crippen MR) is 146 cm³/mol. The normalized spacial score (nSPS) is 26.2. The Balaban J connectivity index is 1.25. The van der Waals surface area contributed by atoms with Crippen LogP contribution in [-0.4, -0.2) is 54.6 Å². The van der Waals surface area contributed by atoms with Gasteiger partial charge in [-0.2, -0.15) is 5.26 Å². The molecule has 0 spiro atoms. The highest BCUT2D eigenvalue weighted by Gasteiger charge is 2.58. The zero-order valence-electron chi connectivity index (χ0n) is 21.3. The van der Waals surface area contributed by atoms with Crippen molar-refractivity contribution in [1.29, 1.82) is 5.26 Å². The van der Waals surface area contributed by atoms with E-state index >= 15 is 0 Å². The van der Waals surface area contributed by atoms with Gasteiger partial charge in [0.05, 0.1) is 33.9 Å². The number of aromatic amines is 1. The maximum Gasteiger partial charge on any atom is 0.211 e. The molecule has 0 bridgehead atoms. The van der Waals surface area contributed by atoms with Crippen molar-refractivity contribution in [3.05, 3.63) is 58.4 Å². The van der Waals surface area contributed by atoms with Crippen LogP contribution in [0.2, 0.25) is 5.02 Å². The van der Waals surface area contributed by atoms with Gasteiger partial charge in [0.15, 0.2) is 0 Å². The lowest BCUT2D eigenvalue weighted by Gasteiger charge is -2.40. The van der Waals surface area contributed by atoms with Crippen molar-refractivity contribution in [1.82, 2.24) is 14.3 Å². The van der Waals surface area contributed by atoms with E-state index in [9.17, 15) is 18.1 Å². The summed E-state index contributed by atoms with van der Waals surface area (Å²) in [5, 5.41) is 9.43. The van der Waals surface area contributed by atoms with Gasteiger partial charge >= 0.3 is 0 Å². The summed E-state index contributed by atoms with van der Waals surface area (Å²) in [4.78, 5) is 10.5. The number of piperidine rings is 1. The van der Waals surface area contributed by atoms with Crippen molar-refractivity contribution in [2.75, 3.05) is 30.8 Å². The minimum absolute atomic E-state index is 0.0512.